The highest BCUT2D eigenvalue weighted by Crippen LogP contribution is 2.63. The molecule has 3 atom stereocenters. The highest BCUT2D eigenvalue weighted by atomic mass is 16.6. The Hall–Kier alpha value is -0.900. The molecule has 5 aliphatic rings. The smallest absolute Gasteiger partial charge is 0.111 e. The van der Waals surface area contributed by atoms with E-state index in [9.17, 15) is 0 Å². The second-order valence-corrected chi connectivity index (χ2v) is 7.55. The standard InChI is InChI=1S/C17H22N2O/c1-15-9-18-7-8-19(10-15)12-16(11-18,17(15)13-20-17)14-5-3-2-4-6-14/h2-6H,7-13H2,1H3. The molecule has 4 bridgehead atoms. The minimum atomic E-state index is 0.0959. The van der Waals surface area contributed by atoms with Crippen molar-refractivity contribution in [3.8, 4) is 0 Å². The van der Waals surface area contributed by atoms with E-state index in [1.54, 1.807) is 0 Å². The molecule has 5 heterocycles. The van der Waals surface area contributed by atoms with Crippen LogP contribution in [0.3, 0.4) is 0 Å². The molecular weight excluding hydrogens is 248 g/mol. The summed E-state index contributed by atoms with van der Waals surface area (Å²) in [6, 6.07) is 11.1. The predicted molar refractivity (Wildman–Crippen MR) is 77.8 cm³/mol. The average Bonchev–Trinajstić information content (AvgIpc) is 3.23. The van der Waals surface area contributed by atoms with Gasteiger partial charge in [0.15, 0.2) is 0 Å². The molecule has 3 unspecified atom stereocenters. The number of piperidine rings is 2. The lowest BCUT2D eigenvalue weighted by atomic mass is 9.54. The van der Waals surface area contributed by atoms with Crippen molar-refractivity contribution in [1.82, 2.24) is 9.80 Å². The summed E-state index contributed by atoms with van der Waals surface area (Å²) in [4.78, 5) is 5.37. The molecule has 0 aromatic heterocycles. The molecule has 5 aliphatic heterocycles. The molecule has 0 radical (unpaired) electrons. The lowest BCUT2D eigenvalue weighted by molar-refractivity contribution is -0.0885. The van der Waals surface area contributed by atoms with Crippen LogP contribution in [0.1, 0.15) is 12.5 Å². The first-order valence-electron chi connectivity index (χ1n) is 7.82. The van der Waals surface area contributed by atoms with Gasteiger partial charge in [-0.25, -0.2) is 0 Å². The first-order valence-corrected chi connectivity index (χ1v) is 7.82. The first kappa shape index (κ1) is 11.7. The summed E-state index contributed by atoms with van der Waals surface area (Å²) in [6.45, 7) is 10.6. The summed E-state index contributed by atoms with van der Waals surface area (Å²) in [5.41, 5.74) is 2.05. The van der Waals surface area contributed by atoms with Gasteiger partial charge in [-0.3, -0.25) is 0 Å². The molecule has 6 rings (SSSR count). The normalized spacial score (nSPS) is 52.2. The van der Waals surface area contributed by atoms with Crippen molar-refractivity contribution < 1.29 is 4.74 Å². The van der Waals surface area contributed by atoms with Crippen LogP contribution in [0.15, 0.2) is 30.3 Å². The van der Waals surface area contributed by atoms with E-state index in [0.717, 1.165) is 6.61 Å². The zero-order chi connectivity index (χ0) is 13.4. The molecule has 1 aromatic rings. The molecule has 5 fully saturated rings. The average molecular weight is 270 g/mol. The molecule has 0 saturated carbocycles. The van der Waals surface area contributed by atoms with Gasteiger partial charge in [-0.05, 0) is 5.56 Å². The zero-order valence-electron chi connectivity index (χ0n) is 12.1. The van der Waals surface area contributed by atoms with Crippen molar-refractivity contribution in [2.24, 2.45) is 5.41 Å². The molecule has 0 amide bonds. The van der Waals surface area contributed by atoms with Gasteiger partial charge in [0, 0.05) is 44.7 Å². The van der Waals surface area contributed by atoms with E-state index in [-0.39, 0.29) is 16.4 Å². The summed E-state index contributed by atoms with van der Waals surface area (Å²) in [6.07, 6.45) is 0. The van der Waals surface area contributed by atoms with Crippen LogP contribution in [0.4, 0.5) is 0 Å². The molecule has 0 N–H and O–H groups in total. The Balaban J connectivity index is 1.74. The van der Waals surface area contributed by atoms with Gasteiger partial charge in [0.2, 0.25) is 0 Å². The molecule has 0 aliphatic carbocycles. The van der Waals surface area contributed by atoms with Crippen LogP contribution in [0, 0.1) is 5.41 Å². The summed E-state index contributed by atoms with van der Waals surface area (Å²) in [7, 11) is 0. The van der Waals surface area contributed by atoms with Gasteiger partial charge >= 0.3 is 0 Å². The van der Waals surface area contributed by atoms with Gasteiger partial charge in [-0.1, -0.05) is 37.3 Å². The summed E-state index contributed by atoms with van der Waals surface area (Å²) in [5.74, 6) is 0. The first-order chi connectivity index (χ1) is 9.68. The summed E-state index contributed by atoms with van der Waals surface area (Å²) < 4.78 is 6.24. The number of hydrogen-bond acceptors (Lipinski definition) is 3. The minimum absolute atomic E-state index is 0.0959. The molecule has 106 valence electrons. The van der Waals surface area contributed by atoms with Crippen molar-refractivity contribution in [3.05, 3.63) is 35.9 Å². The van der Waals surface area contributed by atoms with Crippen molar-refractivity contribution >= 4 is 0 Å². The quantitative estimate of drug-likeness (QED) is 0.718. The zero-order valence-corrected chi connectivity index (χ0v) is 12.1. The van der Waals surface area contributed by atoms with Crippen LogP contribution in [0.25, 0.3) is 0 Å². The lowest BCUT2D eigenvalue weighted by Gasteiger charge is -2.59. The van der Waals surface area contributed by atoms with Crippen molar-refractivity contribution in [3.63, 3.8) is 0 Å². The Bertz CT molecular complexity index is 535. The van der Waals surface area contributed by atoms with E-state index in [4.69, 9.17) is 4.74 Å². The number of benzene rings is 1. The Kier molecular flexibility index (Phi) is 2.03. The molecule has 1 aromatic carbocycles. The van der Waals surface area contributed by atoms with Gasteiger partial charge in [-0.2, -0.15) is 0 Å². The fraction of sp³-hybridized carbons (Fsp3) is 0.647. The van der Waals surface area contributed by atoms with Gasteiger partial charge in [0.1, 0.15) is 5.60 Å². The van der Waals surface area contributed by atoms with Crippen LogP contribution in [-0.4, -0.2) is 61.3 Å². The SMILES string of the molecule is CC12CN3CCN(C1)CC(c1ccccc1)(C3)C21CO1. The molecule has 1 spiro atoms. The van der Waals surface area contributed by atoms with Crippen molar-refractivity contribution in [2.45, 2.75) is 17.9 Å². The minimum Gasteiger partial charge on any atom is -0.368 e. The van der Waals surface area contributed by atoms with Gasteiger partial charge < -0.3 is 14.5 Å². The fourth-order valence-corrected chi connectivity index (χ4v) is 5.52. The Morgan fingerprint density at radius 3 is 2.10 bits per heavy atom. The third kappa shape index (κ3) is 1.19. The second-order valence-electron chi connectivity index (χ2n) is 7.55. The van der Waals surface area contributed by atoms with Crippen molar-refractivity contribution in [2.75, 3.05) is 45.9 Å². The highest BCUT2D eigenvalue weighted by Gasteiger charge is 2.76. The van der Waals surface area contributed by atoms with E-state index in [2.05, 4.69) is 47.1 Å². The number of nitrogens with zero attached hydrogens (tertiary/aromatic N) is 2. The lowest BCUT2D eigenvalue weighted by Crippen LogP contribution is -2.72. The molecule has 20 heavy (non-hydrogen) atoms. The van der Waals surface area contributed by atoms with Gasteiger partial charge in [0.25, 0.3) is 0 Å². The van der Waals surface area contributed by atoms with Crippen molar-refractivity contribution in [1.29, 1.82) is 0 Å². The maximum atomic E-state index is 6.24. The predicted octanol–water partition coefficient (Wildman–Crippen LogP) is 1.34. The number of rotatable bonds is 1. The van der Waals surface area contributed by atoms with E-state index in [1.807, 2.05) is 0 Å². The maximum Gasteiger partial charge on any atom is 0.111 e. The topological polar surface area (TPSA) is 19.0 Å². The van der Waals surface area contributed by atoms with Gasteiger partial charge in [-0.15, -0.1) is 0 Å². The Morgan fingerprint density at radius 1 is 0.950 bits per heavy atom. The Labute approximate surface area is 120 Å². The number of ether oxygens (including phenoxy) is 1. The van der Waals surface area contributed by atoms with Crippen LogP contribution in [0.2, 0.25) is 0 Å². The maximum absolute atomic E-state index is 6.24. The van der Waals surface area contributed by atoms with E-state index >= 15 is 0 Å². The molecular formula is C17H22N2O. The monoisotopic (exact) mass is 270 g/mol. The fourth-order valence-electron chi connectivity index (χ4n) is 5.52. The molecule has 5 saturated heterocycles. The van der Waals surface area contributed by atoms with Crippen LogP contribution >= 0.6 is 0 Å². The summed E-state index contributed by atoms with van der Waals surface area (Å²) in [5, 5.41) is 0. The van der Waals surface area contributed by atoms with E-state index in [0.29, 0.717) is 0 Å². The molecule has 3 heteroatoms. The third-order valence-electron chi connectivity index (χ3n) is 6.37. The number of epoxide rings is 1. The van der Waals surface area contributed by atoms with Gasteiger partial charge in [0.05, 0.1) is 12.0 Å². The summed E-state index contributed by atoms with van der Waals surface area (Å²) >= 11 is 0. The number of hydrogen-bond donors (Lipinski definition) is 0. The van der Waals surface area contributed by atoms with Crippen LogP contribution in [0.5, 0.6) is 0 Å². The molecule has 3 nitrogen and oxygen atoms in total. The largest absolute Gasteiger partial charge is 0.368 e. The van der Waals surface area contributed by atoms with Crippen LogP contribution < -0.4 is 0 Å². The van der Waals surface area contributed by atoms with Crippen LogP contribution in [-0.2, 0) is 10.2 Å². The Morgan fingerprint density at radius 2 is 1.55 bits per heavy atom. The number of fused-ring (bicyclic) bond motifs is 1. The van der Waals surface area contributed by atoms with E-state index in [1.165, 1.54) is 44.8 Å². The third-order valence-corrected chi connectivity index (χ3v) is 6.37. The second kappa shape index (κ2) is 3.46. The van der Waals surface area contributed by atoms with E-state index < -0.39 is 0 Å². The highest BCUT2D eigenvalue weighted by molar-refractivity contribution is 5.40.